The molecule has 0 aliphatic carbocycles. The molecule has 1 heterocycles. The number of para-hydroxylation sites is 1. The quantitative estimate of drug-likeness (QED) is 0.754. The van der Waals surface area contributed by atoms with Crippen LogP contribution < -0.4 is 5.32 Å². The standard InChI is InChI=1S/C17H15FN2O/c1-11-4-2-3-5-15(11)20-17(21)8-12-10-19-16-7-6-13(18)9-14(12)16/h2-7,9-10,19H,8H2,1H3,(H,20,21). The Labute approximate surface area is 121 Å². The minimum absolute atomic E-state index is 0.116. The molecule has 0 fully saturated rings. The molecule has 0 atom stereocenters. The van der Waals surface area contributed by atoms with Gasteiger partial charge in [-0.05, 0) is 42.3 Å². The molecule has 3 rings (SSSR count). The van der Waals surface area contributed by atoms with E-state index in [1.807, 2.05) is 31.2 Å². The van der Waals surface area contributed by atoms with E-state index in [1.54, 1.807) is 12.3 Å². The van der Waals surface area contributed by atoms with Crippen LogP contribution in [0.5, 0.6) is 0 Å². The van der Waals surface area contributed by atoms with Crippen LogP contribution in [0.25, 0.3) is 10.9 Å². The average molecular weight is 282 g/mol. The number of nitrogens with one attached hydrogen (secondary N) is 2. The van der Waals surface area contributed by atoms with E-state index < -0.39 is 0 Å². The number of H-pyrrole nitrogens is 1. The predicted octanol–water partition coefficient (Wildman–Crippen LogP) is 3.80. The van der Waals surface area contributed by atoms with Crippen molar-refractivity contribution < 1.29 is 9.18 Å². The largest absolute Gasteiger partial charge is 0.361 e. The maximum atomic E-state index is 13.3. The van der Waals surface area contributed by atoms with Gasteiger partial charge in [-0.3, -0.25) is 4.79 Å². The highest BCUT2D eigenvalue weighted by Crippen LogP contribution is 2.20. The van der Waals surface area contributed by atoms with Gasteiger partial charge < -0.3 is 10.3 Å². The van der Waals surface area contributed by atoms with Crippen molar-refractivity contribution >= 4 is 22.5 Å². The van der Waals surface area contributed by atoms with E-state index >= 15 is 0 Å². The molecule has 0 bridgehead atoms. The molecule has 3 nitrogen and oxygen atoms in total. The summed E-state index contributed by atoms with van der Waals surface area (Å²) < 4.78 is 13.3. The minimum atomic E-state index is -0.303. The van der Waals surface area contributed by atoms with Crippen molar-refractivity contribution in [1.29, 1.82) is 0 Å². The molecule has 0 spiro atoms. The molecular formula is C17H15FN2O. The van der Waals surface area contributed by atoms with Gasteiger partial charge in [0.25, 0.3) is 0 Å². The highest BCUT2D eigenvalue weighted by molar-refractivity contribution is 5.96. The van der Waals surface area contributed by atoms with Gasteiger partial charge in [-0.25, -0.2) is 4.39 Å². The number of halogens is 1. The number of aryl methyl sites for hydroxylation is 1. The number of anilines is 1. The number of fused-ring (bicyclic) bond motifs is 1. The van der Waals surface area contributed by atoms with Gasteiger partial charge in [0.05, 0.1) is 6.42 Å². The Morgan fingerprint density at radius 1 is 1.24 bits per heavy atom. The fourth-order valence-corrected chi connectivity index (χ4v) is 2.38. The summed E-state index contributed by atoms with van der Waals surface area (Å²) in [4.78, 5) is 15.2. The normalized spacial score (nSPS) is 10.8. The Morgan fingerprint density at radius 2 is 2.05 bits per heavy atom. The number of aromatic nitrogens is 1. The third kappa shape index (κ3) is 2.79. The van der Waals surface area contributed by atoms with E-state index in [1.165, 1.54) is 12.1 Å². The van der Waals surface area contributed by atoms with Crippen molar-refractivity contribution in [2.45, 2.75) is 13.3 Å². The monoisotopic (exact) mass is 282 g/mol. The van der Waals surface area contributed by atoms with Crippen LogP contribution in [-0.4, -0.2) is 10.9 Å². The summed E-state index contributed by atoms with van der Waals surface area (Å²) in [7, 11) is 0. The lowest BCUT2D eigenvalue weighted by Gasteiger charge is -2.07. The summed E-state index contributed by atoms with van der Waals surface area (Å²) in [6, 6.07) is 12.1. The second-order valence-electron chi connectivity index (χ2n) is 5.04. The fraction of sp³-hybridized carbons (Fsp3) is 0.118. The van der Waals surface area contributed by atoms with E-state index in [2.05, 4.69) is 10.3 Å². The van der Waals surface area contributed by atoms with Crippen LogP contribution in [-0.2, 0) is 11.2 Å². The van der Waals surface area contributed by atoms with Crippen LogP contribution in [0.3, 0.4) is 0 Å². The van der Waals surface area contributed by atoms with Gasteiger partial charge in [0.2, 0.25) is 5.91 Å². The number of hydrogen-bond donors (Lipinski definition) is 2. The van der Waals surface area contributed by atoms with Gasteiger partial charge in [0, 0.05) is 22.8 Å². The smallest absolute Gasteiger partial charge is 0.228 e. The Morgan fingerprint density at radius 3 is 2.86 bits per heavy atom. The minimum Gasteiger partial charge on any atom is -0.361 e. The molecule has 3 aromatic rings. The maximum absolute atomic E-state index is 13.3. The van der Waals surface area contributed by atoms with Crippen LogP contribution in [0, 0.1) is 12.7 Å². The zero-order chi connectivity index (χ0) is 14.8. The SMILES string of the molecule is Cc1ccccc1NC(=O)Cc1c[nH]c2ccc(F)cc12. The molecule has 21 heavy (non-hydrogen) atoms. The maximum Gasteiger partial charge on any atom is 0.228 e. The Bertz CT molecular complexity index is 807. The van der Waals surface area contributed by atoms with E-state index in [9.17, 15) is 9.18 Å². The number of carbonyl (C=O) groups is 1. The molecule has 0 aliphatic heterocycles. The molecular weight excluding hydrogens is 267 g/mol. The van der Waals surface area contributed by atoms with E-state index in [-0.39, 0.29) is 18.1 Å². The predicted molar refractivity (Wildman–Crippen MR) is 81.8 cm³/mol. The van der Waals surface area contributed by atoms with Gasteiger partial charge in [-0.1, -0.05) is 18.2 Å². The number of amides is 1. The first-order chi connectivity index (χ1) is 10.1. The molecule has 2 N–H and O–H groups in total. The third-order valence-electron chi connectivity index (χ3n) is 3.50. The van der Waals surface area contributed by atoms with E-state index in [0.717, 1.165) is 27.7 Å². The molecule has 0 unspecified atom stereocenters. The number of rotatable bonds is 3. The number of aromatic amines is 1. The van der Waals surface area contributed by atoms with Crippen molar-refractivity contribution in [2.75, 3.05) is 5.32 Å². The zero-order valence-corrected chi connectivity index (χ0v) is 11.6. The number of carbonyl (C=O) groups excluding carboxylic acids is 1. The Balaban J connectivity index is 1.80. The Hall–Kier alpha value is -2.62. The van der Waals surface area contributed by atoms with Gasteiger partial charge >= 0.3 is 0 Å². The van der Waals surface area contributed by atoms with Crippen LogP contribution in [0.2, 0.25) is 0 Å². The van der Waals surface area contributed by atoms with Crippen LogP contribution >= 0.6 is 0 Å². The molecule has 1 aromatic heterocycles. The second-order valence-corrected chi connectivity index (χ2v) is 5.04. The molecule has 0 aliphatic rings. The molecule has 0 radical (unpaired) electrons. The lowest BCUT2D eigenvalue weighted by Crippen LogP contribution is -2.14. The van der Waals surface area contributed by atoms with Crippen molar-refractivity contribution in [3.63, 3.8) is 0 Å². The summed E-state index contributed by atoms with van der Waals surface area (Å²) in [6.45, 7) is 1.94. The Kier molecular flexibility index (Phi) is 3.44. The number of hydrogen-bond acceptors (Lipinski definition) is 1. The topological polar surface area (TPSA) is 44.9 Å². The van der Waals surface area contributed by atoms with Gasteiger partial charge in [-0.15, -0.1) is 0 Å². The van der Waals surface area contributed by atoms with Gasteiger partial charge in [0.15, 0.2) is 0 Å². The molecule has 4 heteroatoms. The molecule has 0 saturated carbocycles. The van der Waals surface area contributed by atoms with Crippen LogP contribution in [0.15, 0.2) is 48.7 Å². The molecule has 0 saturated heterocycles. The van der Waals surface area contributed by atoms with Crippen molar-refractivity contribution in [1.82, 2.24) is 4.98 Å². The van der Waals surface area contributed by atoms with Crippen molar-refractivity contribution in [3.8, 4) is 0 Å². The summed E-state index contributed by atoms with van der Waals surface area (Å²) >= 11 is 0. The lowest BCUT2D eigenvalue weighted by molar-refractivity contribution is -0.115. The highest BCUT2D eigenvalue weighted by Gasteiger charge is 2.10. The van der Waals surface area contributed by atoms with Gasteiger partial charge in [-0.2, -0.15) is 0 Å². The second kappa shape index (κ2) is 5.40. The molecule has 106 valence electrons. The first-order valence-corrected chi connectivity index (χ1v) is 6.74. The van der Waals surface area contributed by atoms with Crippen molar-refractivity contribution in [3.05, 3.63) is 65.6 Å². The first kappa shape index (κ1) is 13.4. The molecule has 2 aromatic carbocycles. The lowest BCUT2D eigenvalue weighted by atomic mass is 10.1. The van der Waals surface area contributed by atoms with E-state index in [0.29, 0.717) is 0 Å². The zero-order valence-electron chi connectivity index (χ0n) is 11.6. The summed E-state index contributed by atoms with van der Waals surface area (Å²) in [5.74, 6) is -0.419. The fourth-order valence-electron chi connectivity index (χ4n) is 2.38. The summed E-state index contributed by atoms with van der Waals surface area (Å²) in [5.41, 5.74) is 3.43. The van der Waals surface area contributed by atoms with Crippen LogP contribution in [0.4, 0.5) is 10.1 Å². The van der Waals surface area contributed by atoms with Gasteiger partial charge in [0.1, 0.15) is 5.82 Å². The van der Waals surface area contributed by atoms with E-state index in [4.69, 9.17) is 0 Å². The summed E-state index contributed by atoms with van der Waals surface area (Å²) in [5, 5.41) is 3.63. The van der Waals surface area contributed by atoms with Crippen molar-refractivity contribution in [2.24, 2.45) is 0 Å². The average Bonchev–Trinajstić information content (AvgIpc) is 2.84. The molecule has 1 amide bonds. The van der Waals surface area contributed by atoms with Crippen LogP contribution in [0.1, 0.15) is 11.1 Å². The highest BCUT2D eigenvalue weighted by atomic mass is 19.1. The summed E-state index contributed by atoms with van der Waals surface area (Å²) in [6.07, 6.45) is 1.96. The first-order valence-electron chi connectivity index (χ1n) is 6.74. The number of benzene rings is 2. The third-order valence-corrected chi connectivity index (χ3v) is 3.50.